The van der Waals surface area contributed by atoms with E-state index in [4.69, 9.17) is 4.74 Å². The highest BCUT2D eigenvalue weighted by molar-refractivity contribution is 5.93. The molecular weight excluding hydrogens is 304 g/mol. The smallest absolute Gasteiger partial charge is 0.238 e. The Hall–Kier alpha value is -2.37. The molecule has 1 atom stereocenters. The molecule has 0 bridgehead atoms. The number of aliphatic hydroxyl groups excluding tert-OH is 1. The van der Waals surface area contributed by atoms with Gasteiger partial charge < -0.3 is 15.2 Å². The van der Waals surface area contributed by atoms with Crippen LogP contribution in [-0.4, -0.2) is 42.2 Å². The van der Waals surface area contributed by atoms with E-state index in [0.29, 0.717) is 18.0 Å². The fraction of sp³-hybridized carbons (Fsp3) is 0.316. The van der Waals surface area contributed by atoms with Gasteiger partial charge in [0, 0.05) is 13.2 Å². The third kappa shape index (κ3) is 4.34. The Labute approximate surface area is 141 Å². The first kappa shape index (κ1) is 16.5. The van der Waals surface area contributed by atoms with Crippen LogP contribution in [0, 0.1) is 5.92 Å². The zero-order valence-corrected chi connectivity index (χ0v) is 13.5. The number of benzene rings is 2. The number of anilines is 1. The fourth-order valence-corrected chi connectivity index (χ4v) is 2.87. The van der Waals surface area contributed by atoms with Gasteiger partial charge in [0.2, 0.25) is 5.91 Å². The number of rotatable bonds is 6. The van der Waals surface area contributed by atoms with Crippen molar-refractivity contribution in [1.82, 2.24) is 4.90 Å². The molecule has 24 heavy (non-hydrogen) atoms. The van der Waals surface area contributed by atoms with Crippen LogP contribution in [0.25, 0.3) is 0 Å². The molecule has 1 heterocycles. The van der Waals surface area contributed by atoms with Gasteiger partial charge in [-0.25, -0.2) is 0 Å². The molecule has 5 heteroatoms. The third-order valence-corrected chi connectivity index (χ3v) is 4.13. The topological polar surface area (TPSA) is 61.8 Å². The number of hydrogen-bond acceptors (Lipinski definition) is 4. The molecule has 1 aliphatic rings. The second kappa shape index (κ2) is 7.95. The molecule has 0 radical (unpaired) electrons. The van der Waals surface area contributed by atoms with Crippen LogP contribution in [0.2, 0.25) is 0 Å². The number of hydrogen-bond donors (Lipinski definition) is 2. The number of para-hydroxylation sites is 3. The summed E-state index contributed by atoms with van der Waals surface area (Å²) in [5.74, 6) is 1.56. The van der Waals surface area contributed by atoms with Crippen LogP contribution < -0.4 is 10.1 Å². The van der Waals surface area contributed by atoms with Crippen molar-refractivity contribution >= 4 is 11.6 Å². The number of likely N-dealkylation sites (tertiary alicyclic amines) is 1. The van der Waals surface area contributed by atoms with Crippen molar-refractivity contribution in [3.05, 3.63) is 54.6 Å². The normalized spacial score (nSPS) is 17.6. The zero-order valence-electron chi connectivity index (χ0n) is 13.5. The van der Waals surface area contributed by atoms with Crippen molar-refractivity contribution in [2.45, 2.75) is 6.42 Å². The molecule has 1 saturated heterocycles. The van der Waals surface area contributed by atoms with Crippen molar-refractivity contribution in [3.8, 4) is 11.5 Å². The first-order valence-corrected chi connectivity index (χ1v) is 8.19. The number of aliphatic hydroxyl groups is 1. The Morgan fingerprint density at radius 2 is 1.92 bits per heavy atom. The lowest BCUT2D eigenvalue weighted by atomic mass is 10.1. The van der Waals surface area contributed by atoms with Crippen molar-refractivity contribution in [2.75, 3.05) is 31.6 Å². The summed E-state index contributed by atoms with van der Waals surface area (Å²) >= 11 is 0. The van der Waals surface area contributed by atoms with Gasteiger partial charge in [-0.3, -0.25) is 9.69 Å². The Bertz CT molecular complexity index is 675. The van der Waals surface area contributed by atoms with Gasteiger partial charge in [0.05, 0.1) is 12.2 Å². The SMILES string of the molecule is O=C(CN1CCC(CO)C1)Nc1ccccc1Oc1ccccc1. The predicted octanol–water partition coefficient (Wildman–Crippen LogP) is 2.73. The van der Waals surface area contributed by atoms with E-state index in [1.165, 1.54) is 0 Å². The fourth-order valence-electron chi connectivity index (χ4n) is 2.87. The van der Waals surface area contributed by atoms with Gasteiger partial charge in [0.15, 0.2) is 5.75 Å². The molecule has 2 aromatic rings. The molecular formula is C19H22N2O3. The molecule has 3 rings (SSSR count). The Morgan fingerprint density at radius 1 is 1.17 bits per heavy atom. The number of amides is 1. The van der Waals surface area contributed by atoms with E-state index in [2.05, 4.69) is 10.2 Å². The minimum absolute atomic E-state index is 0.0716. The van der Waals surface area contributed by atoms with Crippen LogP contribution in [0.3, 0.4) is 0 Å². The maximum absolute atomic E-state index is 12.3. The lowest BCUT2D eigenvalue weighted by molar-refractivity contribution is -0.117. The molecule has 1 amide bonds. The number of ether oxygens (including phenoxy) is 1. The third-order valence-electron chi connectivity index (χ3n) is 4.13. The summed E-state index contributed by atoms with van der Waals surface area (Å²) in [6.45, 7) is 2.13. The zero-order chi connectivity index (χ0) is 16.8. The summed E-state index contributed by atoms with van der Waals surface area (Å²) in [7, 11) is 0. The Kier molecular flexibility index (Phi) is 5.46. The number of carbonyl (C=O) groups excluding carboxylic acids is 1. The van der Waals surface area contributed by atoms with Gasteiger partial charge in [-0.15, -0.1) is 0 Å². The summed E-state index contributed by atoms with van der Waals surface area (Å²) in [6, 6.07) is 16.9. The van der Waals surface area contributed by atoms with E-state index < -0.39 is 0 Å². The molecule has 0 aliphatic carbocycles. The molecule has 126 valence electrons. The summed E-state index contributed by atoms with van der Waals surface area (Å²) in [5, 5.41) is 12.1. The quantitative estimate of drug-likeness (QED) is 0.857. The average Bonchev–Trinajstić information content (AvgIpc) is 3.05. The van der Waals surface area contributed by atoms with Crippen molar-refractivity contribution in [2.24, 2.45) is 5.92 Å². The average molecular weight is 326 g/mol. The van der Waals surface area contributed by atoms with Crippen molar-refractivity contribution in [1.29, 1.82) is 0 Å². The summed E-state index contributed by atoms with van der Waals surface area (Å²) in [6.07, 6.45) is 0.942. The van der Waals surface area contributed by atoms with Crippen LogP contribution >= 0.6 is 0 Å². The molecule has 0 aromatic heterocycles. The first-order chi connectivity index (χ1) is 11.7. The van der Waals surface area contributed by atoms with E-state index in [1.54, 1.807) is 0 Å². The lowest BCUT2D eigenvalue weighted by Gasteiger charge is -2.16. The van der Waals surface area contributed by atoms with Crippen LogP contribution in [0.4, 0.5) is 5.69 Å². The molecule has 1 aliphatic heterocycles. The highest BCUT2D eigenvalue weighted by Crippen LogP contribution is 2.29. The molecule has 0 spiro atoms. The standard InChI is InChI=1S/C19H22N2O3/c22-14-15-10-11-21(12-15)13-19(23)20-17-8-4-5-9-18(17)24-16-6-2-1-3-7-16/h1-9,15,22H,10-14H2,(H,20,23). The van der Waals surface area contributed by atoms with E-state index in [0.717, 1.165) is 25.3 Å². The van der Waals surface area contributed by atoms with Gasteiger partial charge in [0.1, 0.15) is 5.75 Å². The summed E-state index contributed by atoms with van der Waals surface area (Å²) in [4.78, 5) is 14.4. The van der Waals surface area contributed by atoms with Gasteiger partial charge in [-0.05, 0) is 43.1 Å². The highest BCUT2D eigenvalue weighted by atomic mass is 16.5. The van der Waals surface area contributed by atoms with E-state index in [-0.39, 0.29) is 18.4 Å². The predicted molar refractivity (Wildman–Crippen MR) is 93.2 cm³/mol. The molecule has 2 aromatic carbocycles. The summed E-state index contributed by atoms with van der Waals surface area (Å²) in [5.41, 5.74) is 0.657. The molecule has 1 fully saturated rings. The second-order valence-electron chi connectivity index (χ2n) is 6.03. The van der Waals surface area contributed by atoms with Crippen LogP contribution in [0.1, 0.15) is 6.42 Å². The number of nitrogens with one attached hydrogen (secondary N) is 1. The Balaban J connectivity index is 1.61. The van der Waals surface area contributed by atoms with Crippen molar-refractivity contribution in [3.63, 3.8) is 0 Å². The van der Waals surface area contributed by atoms with Crippen LogP contribution in [0.15, 0.2) is 54.6 Å². The molecule has 0 saturated carbocycles. The van der Waals surface area contributed by atoms with E-state index in [9.17, 15) is 9.90 Å². The number of nitrogens with zero attached hydrogens (tertiary/aromatic N) is 1. The number of carbonyl (C=O) groups is 1. The minimum atomic E-state index is -0.0716. The molecule has 1 unspecified atom stereocenters. The minimum Gasteiger partial charge on any atom is -0.455 e. The molecule has 5 nitrogen and oxygen atoms in total. The van der Waals surface area contributed by atoms with Gasteiger partial charge in [-0.1, -0.05) is 30.3 Å². The van der Waals surface area contributed by atoms with E-state index in [1.807, 2.05) is 54.6 Å². The van der Waals surface area contributed by atoms with Gasteiger partial charge >= 0.3 is 0 Å². The van der Waals surface area contributed by atoms with Crippen LogP contribution in [0.5, 0.6) is 11.5 Å². The largest absolute Gasteiger partial charge is 0.455 e. The first-order valence-electron chi connectivity index (χ1n) is 8.19. The van der Waals surface area contributed by atoms with Crippen LogP contribution in [-0.2, 0) is 4.79 Å². The van der Waals surface area contributed by atoms with Crippen molar-refractivity contribution < 1.29 is 14.6 Å². The van der Waals surface area contributed by atoms with Gasteiger partial charge in [-0.2, -0.15) is 0 Å². The second-order valence-corrected chi connectivity index (χ2v) is 6.03. The maximum Gasteiger partial charge on any atom is 0.238 e. The lowest BCUT2D eigenvalue weighted by Crippen LogP contribution is -2.32. The summed E-state index contributed by atoms with van der Waals surface area (Å²) < 4.78 is 5.85. The Morgan fingerprint density at radius 3 is 2.67 bits per heavy atom. The van der Waals surface area contributed by atoms with Gasteiger partial charge in [0.25, 0.3) is 0 Å². The monoisotopic (exact) mass is 326 g/mol. The highest BCUT2D eigenvalue weighted by Gasteiger charge is 2.23. The molecule has 2 N–H and O–H groups in total. The maximum atomic E-state index is 12.3. The van der Waals surface area contributed by atoms with E-state index >= 15 is 0 Å².